The number of pyridine rings is 1. The van der Waals surface area contributed by atoms with E-state index < -0.39 is 5.97 Å². The Kier molecular flexibility index (Phi) is 3.81. The molecule has 0 radical (unpaired) electrons. The van der Waals surface area contributed by atoms with Crippen LogP contribution in [0, 0.1) is 0 Å². The van der Waals surface area contributed by atoms with Gasteiger partial charge in [-0.3, -0.25) is 0 Å². The first-order chi connectivity index (χ1) is 8.56. The molecule has 1 atom stereocenters. The molecule has 1 aromatic heterocycles. The van der Waals surface area contributed by atoms with E-state index in [-0.39, 0.29) is 17.6 Å². The van der Waals surface area contributed by atoms with Gasteiger partial charge >= 0.3 is 5.97 Å². The Morgan fingerprint density at radius 3 is 2.89 bits per heavy atom. The van der Waals surface area contributed by atoms with Gasteiger partial charge in [0.1, 0.15) is 6.10 Å². The Labute approximate surface area is 106 Å². The summed E-state index contributed by atoms with van der Waals surface area (Å²) in [5, 5.41) is 9.07. The third kappa shape index (κ3) is 2.98. The summed E-state index contributed by atoms with van der Waals surface area (Å²) in [6.45, 7) is 5.16. The number of carbonyl (C=O) groups is 1. The van der Waals surface area contributed by atoms with Crippen LogP contribution in [0.5, 0.6) is 5.88 Å². The molecular weight excluding hydrogens is 234 g/mol. The number of carboxylic acids is 1. The van der Waals surface area contributed by atoms with Gasteiger partial charge in [-0.2, -0.15) is 0 Å². The van der Waals surface area contributed by atoms with Gasteiger partial charge in [-0.15, -0.1) is 0 Å². The molecule has 1 aliphatic heterocycles. The fourth-order valence-corrected chi connectivity index (χ4v) is 1.78. The molecule has 2 rings (SSSR count). The molecule has 5 heteroatoms. The maximum atomic E-state index is 11.1. The van der Waals surface area contributed by atoms with E-state index in [1.165, 1.54) is 6.07 Å². The van der Waals surface area contributed by atoms with Crippen molar-refractivity contribution in [3.05, 3.63) is 23.4 Å². The predicted octanol–water partition coefficient (Wildman–Crippen LogP) is 2.07. The van der Waals surface area contributed by atoms with Crippen molar-refractivity contribution in [1.29, 1.82) is 0 Å². The highest BCUT2D eigenvalue weighted by Crippen LogP contribution is 2.21. The summed E-state index contributed by atoms with van der Waals surface area (Å²) in [5.41, 5.74) is 0.937. The van der Waals surface area contributed by atoms with Gasteiger partial charge in [0.2, 0.25) is 5.88 Å². The van der Waals surface area contributed by atoms with E-state index in [9.17, 15) is 4.79 Å². The molecule has 1 unspecified atom stereocenters. The smallest absolute Gasteiger partial charge is 0.335 e. The Bertz CT molecular complexity index is 439. The normalized spacial score (nSPS) is 19.2. The highest BCUT2D eigenvalue weighted by atomic mass is 16.5. The fraction of sp³-hybridized carbons (Fsp3) is 0.538. The fourth-order valence-electron chi connectivity index (χ4n) is 1.78. The zero-order valence-corrected chi connectivity index (χ0v) is 10.5. The van der Waals surface area contributed by atoms with Gasteiger partial charge in [-0.25, -0.2) is 9.78 Å². The summed E-state index contributed by atoms with van der Waals surface area (Å²) >= 11 is 0. The van der Waals surface area contributed by atoms with Gasteiger partial charge in [-0.1, -0.05) is 13.8 Å². The van der Waals surface area contributed by atoms with Crippen molar-refractivity contribution < 1.29 is 19.4 Å². The van der Waals surface area contributed by atoms with Gasteiger partial charge in [0.15, 0.2) is 0 Å². The van der Waals surface area contributed by atoms with Crippen LogP contribution in [-0.2, 0) is 4.74 Å². The second-order valence-electron chi connectivity index (χ2n) is 4.68. The van der Waals surface area contributed by atoms with Crippen LogP contribution in [0.2, 0.25) is 0 Å². The number of hydrogen-bond acceptors (Lipinski definition) is 4. The van der Waals surface area contributed by atoms with Crippen LogP contribution >= 0.6 is 0 Å². The Hall–Kier alpha value is -1.62. The molecule has 5 nitrogen and oxygen atoms in total. The first-order valence-electron chi connectivity index (χ1n) is 6.06. The second kappa shape index (κ2) is 5.35. The molecule has 0 aromatic carbocycles. The van der Waals surface area contributed by atoms with E-state index in [1.807, 2.05) is 13.8 Å². The van der Waals surface area contributed by atoms with Gasteiger partial charge in [-0.05, 0) is 12.0 Å². The third-order valence-corrected chi connectivity index (χ3v) is 2.84. The zero-order chi connectivity index (χ0) is 13.1. The van der Waals surface area contributed by atoms with Gasteiger partial charge < -0.3 is 14.6 Å². The van der Waals surface area contributed by atoms with Crippen LogP contribution in [0.1, 0.15) is 42.2 Å². The van der Waals surface area contributed by atoms with Gasteiger partial charge in [0, 0.05) is 18.2 Å². The van der Waals surface area contributed by atoms with Gasteiger partial charge in [0.25, 0.3) is 0 Å². The Morgan fingerprint density at radius 1 is 1.56 bits per heavy atom. The molecule has 1 aliphatic rings. The van der Waals surface area contributed by atoms with Crippen LogP contribution in [0.15, 0.2) is 12.1 Å². The molecule has 0 aliphatic carbocycles. The molecule has 18 heavy (non-hydrogen) atoms. The number of ether oxygens (including phenoxy) is 2. The molecule has 2 heterocycles. The van der Waals surface area contributed by atoms with Crippen molar-refractivity contribution in [3.63, 3.8) is 0 Å². The highest BCUT2D eigenvalue weighted by molar-refractivity contribution is 5.88. The Morgan fingerprint density at radius 2 is 2.33 bits per heavy atom. The average Bonchev–Trinajstić information content (AvgIpc) is 2.81. The minimum absolute atomic E-state index is 0.0263. The molecule has 1 saturated heterocycles. The standard InChI is InChI=1S/C13H17NO4/c1-8(2)11-5-9(13(15)16)6-12(14-11)18-10-3-4-17-7-10/h5-6,8,10H,3-4,7H2,1-2H3,(H,15,16). The maximum absolute atomic E-state index is 11.1. The lowest BCUT2D eigenvalue weighted by molar-refractivity contribution is 0.0695. The summed E-state index contributed by atoms with van der Waals surface area (Å²) in [4.78, 5) is 15.4. The minimum Gasteiger partial charge on any atom is -0.478 e. The van der Waals surface area contributed by atoms with Crippen LogP contribution < -0.4 is 4.74 Å². The molecule has 0 bridgehead atoms. The van der Waals surface area contributed by atoms with Gasteiger partial charge in [0.05, 0.1) is 18.8 Å². The van der Waals surface area contributed by atoms with E-state index in [4.69, 9.17) is 14.6 Å². The second-order valence-corrected chi connectivity index (χ2v) is 4.68. The number of rotatable bonds is 4. The topological polar surface area (TPSA) is 68.7 Å². The van der Waals surface area contributed by atoms with E-state index in [0.29, 0.717) is 19.1 Å². The highest BCUT2D eigenvalue weighted by Gasteiger charge is 2.19. The maximum Gasteiger partial charge on any atom is 0.335 e. The molecule has 1 aromatic rings. The average molecular weight is 251 g/mol. The molecular formula is C13H17NO4. The van der Waals surface area contributed by atoms with E-state index in [0.717, 1.165) is 12.1 Å². The molecule has 98 valence electrons. The summed E-state index contributed by atoms with van der Waals surface area (Å²) in [5.74, 6) is -0.438. The summed E-state index contributed by atoms with van der Waals surface area (Å²) in [6.07, 6.45) is 0.789. The van der Waals surface area contributed by atoms with Crippen LogP contribution in [0.4, 0.5) is 0 Å². The number of hydrogen-bond donors (Lipinski definition) is 1. The quantitative estimate of drug-likeness (QED) is 0.887. The van der Waals surface area contributed by atoms with E-state index >= 15 is 0 Å². The third-order valence-electron chi connectivity index (χ3n) is 2.84. The first kappa shape index (κ1) is 12.8. The van der Waals surface area contributed by atoms with Crippen molar-refractivity contribution in [2.75, 3.05) is 13.2 Å². The summed E-state index contributed by atoms with van der Waals surface area (Å²) < 4.78 is 10.9. The minimum atomic E-state index is -0.966. The summed E-state index contributed by atoms with van der Waals surface area (Å²) in [6, 6.07) is 3.05. The van der Waals surface area contributed by atoms with Crippen LogP contribution in [0.3, 0.4) is 0 Å². The number of aromatic nitrogens is 1. The molecule has 1 fully saturated rings. The van der Waals surface area contributed by atoms with Crippen molar-refractivity contribution >= 4 is 5.97 Å². The zero-order valence-electron chi connectivity index (χ0n) is 10.5. The molecule has 0 amide bonds. The Balaban J connectivity index is 2.24. The van der Waals surface area contributed by atoms with Crippen molar-refractivity contribution in [2.45, 2.75) is 32.3 Å². The SMILES string of the molecule is CC(C)c1cc(C(=O)O)cc(OC2CCOC2)n1. The monoisotopic (exact) mass is 251 g/mol. The number of nitrogens with zero attached hydrogens (tertiary/aromatic N) is 1. The van der Waals surface area contributed by atoms with E-state index in [2.05, 4.69) is 4.98 Å². The first-order valence-corrected chi connectivity index (χ1v) is 6.06. The number of carboxylic acid groups (broad SMARTS) is 1. The van der Waals surface area contributed by atoms with Crippen molar-refractivity contribution in [1.82, 2.24) is 4.98 Å². The lowest BCUT2D eigenvalue weighted by Crippen LogP contribution is -2.17. The summed E-state index contributed by atoms with van der Waals surface area (Å²) in [7, 11) is 0. The molecule has 0 spiro atoms. The van der Waals surface area contributed by atoms with Crippen molar-refractivity contribution in [2.24, 2.45) is 0 Å². The van der Waals surface area contributed by atoms with Crippen molar-refractivity contribution in [3.8, 4) is 5.88 Å². The van der Waals surface area contributed by atoms with Crippen LogP contribution in [-0.4, -0.2) is 35.4 Å². The lowest BCUT2D eigenvalue weighted by atomic mass is 10.1. The number of aromatic carboxylic acids is 1. The largest absolute Gasteiger partial charge is 0.478 e. The predicted molar refractivity (Wildman–Crippen MR) is 65.1 cm³/mol. The molecule has 0 saturated carbocycles. The lowest BCUT2D eigenvalue weighted by Gasteiger charge is -2.13. The van der Waals surface area contributed by atoms with Crippen LogP contribution in [0.25, 0.3) is 0 Å². The molecule has 1 N–H and O–H groups in total. The van der Waals surface area contributed by atoms with E-state index in [1.54, 1.807) is 6.07 Å².